The molecule has 0 aliphatic rings. The highest BCUT2D eigenvalue weighted by atomic mass is 16.5. The quantitative estimate of drug-likeness (QED) is 0.684. The second-order valence-electron chi connectivity index (χ2n) is 6.43. The number of methoxy groups -OCH3 is 1. The molecular weight excluding hydrogens is 338 g/mol. The van der Waals surface area contributed by atoms with Crippen LogP contribution in [0.25, 0.3) is 0 Å². The monoisotopic (exact) mass is 361 g/mol. The Hall–Kier alpha value is -3.34. The number of aromatic nitrogens is 1. The third-order valence-electron chi connectivity index (χ3n) is 4.18. The zero-order valence-corrected chi connectivity index (χ0v) is 15.7. The predicted octanol–water partition coefficient (Wildman–Crippen LogP) is 4.38. The summed E-state index contributed by atoms with van der Waals surface area (Å²) in [4.78, 5) is 16.7. The van der Waals surface area contributed by atoms with Gasteiger partial charge in [-0.15, -0.1) is 0 Å². The molecule has 27 heavy (non-hydrogen) atoms. The number of hydrogen-bond donors (Lipinski definition) is 2. The summed E-state index contributed by atoms with van der Waals surface area (Å²) in [5.41, 5.74) is 4.71. The van der Waals surface area contributed by atoms with Crippen LogP contribution >= 0.6 is 0 Å². The molecule has 0 bridgehead atoms. The first-order valence-electron chi connectivity index (χ1n) is 8.76. The molecule has 0 saturated heterocycles. The smallest absolute Gasteiger partial charge is 0.253 e. The van der Waals surface area contributed by atoms with Gasteiger partial charge >= 0.3 is 0 Å². The Labute approximate surface area is 159 Å². The maximum atomic E-state index is 12.3. The van der Waals surface area contributed by atoms with E-state index < -0.39 is 0 Å². The van der Waals surface area contributed by atoms with E-state index in [0.29, 0.717) is 17.9 Å². The van der Waals surface area contributed by atoms with Gasteiger partial charge in [-0.3, -0.25) is 4.79 Å². The van der Waals surface area contributed by atoms with Gasteiger partial charge in [-0.05, 0) is 49.2 Å². The van der Waals surface area contributed by atoms with Crippen molar-refractivity contribution in [1.29, 1.82) is 0 Å². The highest BCUT2D eigenvalue weighted by molar-refractivity contribution is 5.94. The van der Waals surface area contributed by atoms with Crippen molar-refractivity contribution < 1.29 is 9.53 Å². The number of nitrogens with zero attached hydrogens (tertiary/aromatic N) is 1. The molecule has 1 heterocycles. The van der Waals surface area contributed by atoms with Crippen molar-refractivity contribution in [2.24, 2.45) is 0 Å². The second-order valence-corrected chi connectivity index (χ2v) is 6.43. The molecule has 0 unspecified atom stereocenters. The summed E-state index contributed by atoms with van der Waals surface area (Å²) >= 11 is 0. The number of nitrogens with one attached hydrogen (secondary N) is 2. The number of amides is 1. The normalized spacial score (nSPS) is 10.3. The lowest BCUT2D eigenvalue weighted by Gasteiger charge is -2.12. The maximum absolute atomic E-state index is 12.3. The summed E-state index contributed by atoms with van der Waals surface area (Å²) < 4.78 is 5.36. The SMILES string of the molecule is COc1ccc(C)cc1Nc1ccc(C(=O)NCc2cccc(C)c2)cn1. The Morgan fingerprint density at radius 3 is 2.56 bits per heavy atom. The molecule has 0 atom stereocenters. The van der Waals surface area contributed by atoms with Crippen LogP contribution in [0.15, 0.2) is 60.8 Å². The van der Waals surface area contributed by atoms with E-state index >= 15 is 0 Å². The lowest BCUT2D eigenvalue weighted by atomic mass is 10.1. The molecule has 1 amide bonds. The minimum atomic E-state index is -0.149. The fraction of sp³-hybridized carbons (Fsp3) is 0.182. The van der Waals surface area contributed by atoms with Crippen LogP contribution < -0.4 is 15.4 Å². The van der Waals surface area contributed by atoms with Crippen LogP contribution in [0.5, 0.6) is 5.75 Å². The lowest BCUT2D eigenvalue weighted by molar-refractivity contribution is 0.0950. The largest absolute Gasteiger partial charge is 0.495 e. The van der Waals surface area contributed by atoms with Crippen molar-refractivity contribution in [1.82, 2.24) is 10.3 Å². The molecule has 0 aliphatic carbocycles. The van der Waals surface area contributed by atoms with Gasteiger partial charge in [0.25, 0.3) is 5.91 Å². The van der Waals surface area contributed by atoms with Gasteiger partial charge in [-0.2, -0.15) is 0 Å². The van der Waals surface area contributed by atoms with Crippen molar-refractivity contribution in [3.63, 3.8) is 0 Å². The number of rotatable bonds is 6. The van der Waals surface area contributed by atoms with Crippen molar-refractivity contribution in [3.05, 3.63) is 83.0 Å². The number of carbonyl (C=O) groups excluding carboxylic acids is 1. The van der Waals surface area contributed by atoms with Gasteiger partial charge in [0, 0.05) is 12.7 Å². The number of anilines is 2. The van der Waals surface area contributed by atoms with Gasteiger partial charge in [0.05, 0.1) is 18.4 Å². The van der Waals surface area contributed by atoms with Crippen LogP contribution in [0.3, 0.4) is 0 Å². The molecule has 2 N–H and O–H groups in total. The van der Waals surface area contributed by atoms with Crippen LogP contribution in [-0.4, -0.2) is 18.0 Å². The van der Waals surface area contributed by atoms with Gasteiger partial charge in [0.1, 0.15) is 11.6 Å². The number of benzene rings is 2. The predicted molar refractivity (Wildman–Crippen MR) is 108 cm³/mol. The molecule has 5 nitrogen and oxygen atoms in total. The molecule has 2 aromatic carbocycles. The zero-order valence-electron chi connectivity index (χ0n) is 15.7. The molecule has 3 rings (SSSR count). The Morgan fingerprint density at radius 1 is 1.04 bits per heavy atom. The van der Waals surface area contributed by atoms with Gasteiger partial charge in [-0.25, -0.2) is 4.98 Å². The molecule has 5 heteroatoms. The van der Waals surface area contributed by atoms with Crippen LogP contribution in [0.1, 0.15) is 27.0 Å². The van der Waals surface area contributed by atoms with E-state index in [1.165, 1.54) is 5.56 Å². The van der Waals surface area contributed by atoms with Crippen molar-refractivity contribution in [3.8, 4) is 5.75 Å². The standard InChI is InChI=1S/C22H23N3O2/c1-15-5-4-6-17(11-15)13-24-22(26)18-8-10-21(23-14-18)25-19-12-16(2)7-9-20(19)27-3/h4-12,14H,13H2,1-3H3,(H,23,25)(H,24,26). The van der Waals surface area contributed by atoms with E-state index in [2.05, 4.69) is 21.7 Å². The first-order valence-corrected chi connectivity index (χ1v) is 8.76. The Bertz CT molecular complexity index is 937. The van der Waals surface area contributed by atoms with Crippen LogP contribution in [0.4, 0.5) is 11.5 Å². The van der Waals surface area contributed by atoms with Gasteiger partial charge in [-0.1, -0.05) is 35.9 Å². The zero-order chi connectivity index (χ0) is 19.2. The minimum Gasteiger partial charge on any atom is -0.495 e. The average Bonchev–Trinajstić information content (AvgIpc) is 2.67. The third kappa shape index (κ3) is 4.85. The van der Waals surface area contributed by atoms with Crippen molar-refractivity contribution in [2.75, 3.05) is 12.4 Å². The third-order valence-corrected chi connectivity index (χ3v) is 4.18. The number of carbonyl (C=O) groups is 1. The number of ether oxygens (including phenoxy) is 1. The molecule has 3 aromatic rings. The minimum absolute atomic E-state index is 0.149. The molecule has 1 aromatic heterocycles. The van der Waals surface area contributed by atoms with Crippen molar-refractivity contribution in [2.45, 2.75) is 20.4 Å². The van der Waals surface area contributed by atoms with Gasteiger partial charge < -0.3 is 15.4 Å². The van der Waals surface area contributed by atoms with Crippen LogP contribution in [-0.2, 0) is 6.54 Å². The lowest BCUT2D eigenvalue weighted by Crippen LogP contribution is -2.22. The highest BCUT2D eigenvalue weighted by Gasteiger charge is 2.08. The van der Waals surface area contributed by atoms with E-state index in [1.807, 2.05) is 50.2 Å². The fourth-order valence-electron chi connectivity index (χ4n) is 2.77. The summed E-state index contributed by atoms with van der Waals surface area (Å²) in [5.74, 6) is 1.24. The fourth-order valence-corrected chi connectivity index (χ4v) is 2.77. The van der Waals surface area contributed by atoms with E-state index in [4.69, 9.17) is 4.74 Å². The summed E-state index contributed by atoms with van der Waals surface area (Å²) in [7, 11) is 1.63. The average molecular weight is 361 g/mol. The van der Waals surface area contributed by atoms with Crippen molar-refractivity contribution >= 4 is 17.4 Å². The number of hydrogen-bond acceptors (Lipinski definition) is 4. The van der Waals surface area contributed by atoms with Crippen LogP contribution in [0.2, 0.25) is 0 Å². The summed E-state index contributed by atoms with van der Waals surface area (Å²) in [6.45, 7) is 4.53. The summed E-state index contributed by atoms with van der Waals surface area (Å²) in [5, 5.41) is 6.14. The highest BCUT2D eigenvalue weighted by Crippen LogP contribution is 2.27. The maximum Gasteiger partial charge on any atom is 0.253 e. The first-order chi connectivity index (χ1) is 13.0. The van der Waals surface area contributed by atoms with E-state index in [0.717, 1.165) is 22.6 Å². The van der Waals surface area contributed by atoms with Gasteiger partial charge in [0.15, 0.2) is 0 Å². The molecule has 0 saturated carbocycles. The Morgan fingerprint density at radius 2 is 1.85 bits per heavy atom. The number of aryl methyl sites for hydroxylation is 2. The number of pyridine rings is 1. The topological polar surface area (TPSA) is 63.2 Å². The Balaban J connectivity index is 1.64. The molecule has 0 radical (unpaired) electrons. The molecular formula is C22H23N3O2. The Kier molecular flexibility index (Phi) is 5.71. The molecule has 0 aliphatic heterocycles. The molecule has 0 spiro atoms. The van der Waals surface area contributed by atoms with E-state index in [1.54, 1.807) is 25.4 Å². The first kappa shape index (κ1) is 18.5. The van der Waals surface area contributed by atoms with Crippen LogP contribution in [0, 0.1) is 13.8 Å². The second kappa shape index (κ2) is 8.36. The summed E-state index contributed by atoms with van der Waals surface area (Å²) in [6, 6.07) is 17.5. The molecule has 0 fully saturated rings. The van der Waals surface area contributed by atoms with Gasteiger partial charge in [0.2, 0.25) is 0 Å². The molecule has 138 valence electrons. The summed E-state index contributed by atoms with van der Waals surface area (Å²) in [6.07, 6.45) is 1.57. The van der Waals surface area contributed by atoms with E-state index in [9.17, 15) is 4.79 Å². The van der Waals surface area contributed by atoms with E-state index in [-0.39, 0.29) is 5.91 Å².